The van der Waals surface area contributed by atoms with Crippen LogP contribution in [0, 0.1) is 29.2 Å². The first-order valence-corrected chi connectivity index (χ1v) is 7.56. The molecule has 0 nitrogen and oxygen atoms in total. The van der Waals surface area contributed by atoms with Crippen molar-refractivity contribution in [3.8, 4) is 0 Å². The molecule has 2 radical (unpaired) electrons. The first-order chi connectivity index (χ1) is 10.2. The van der Waals surface area contributed by atoms with Crippen LogP contribution in [0.1, 0.15) is 58.1 Å². The first-order valence-electron chi connectivity index (χ1n) is 7.56. The molecule has 1 aromatic carbocycles. The van der Waals surface area contributed by atoms with Crippen molar-refractivity contribution in [1.82, 2.24) is 0 Å². The predicted molar refractivity (Wildman–Crippen MR) is 82.8 cm³/mol. The number of hydrogen-bond acceptors (Lipinski definition) is 0. The lowest BCUT2D eigenvalue weighted by Crippen LogP contribution is -2.29. The Morgan fingerprint density at radius 2 is 1.41 bits per heavy atom. The van der Waals surface area contributed by atoms with Gasteiger partial charge in [0.15, 0.2) is 23.3 Å². The molecule has 0 amide bonds. The van der Waals surface area contributed by atoms with Gasteiger partial charge in [-0.3, -0.25) is 0 Å². The molecule has 1 aromatic rings. The Bertz CT molecular complexity index is 533. The highest BCUT2D eigenvalue weighted by Crippen LogP contribution is 2.36. The van der Waals surface area contributed by atoms with Crippen LogP contribution in [-0.4, -0.2) is 7.85 Å². The summed E-state index contributed by atoms with van der Waals surface area (Å²) in [5.41, 5.74) is -1.42. The van der Waals surface area contributed by atoms with E-state index in [1.54, 1.807) is 13.8 Å². The van der Waals surface area contributed by atoms with Crippen molar-refractivity contribution in [1.29, 1.82) is 0 Å². The molecule has 0 fully saturated rings. The minimum atomic E-state index is -1.44. The van der Waals surface area contributed by atoms with Crippen LogP contribution in [-0.2, 0) is 5.31 Å². The van der Waals surface area contributed by atoms with Crippen LogP contribution >= 0.6 is 0 Å². The number of allylic oxidation sites excluding steroid dienone is 1. The van der Waals surface area contributed by atoms with Crippen LogP contribution < -0.4 is 0 Å². The fourth-order valence-electron chi connectivity index (χ4n) is 2.23. The molecule has 120 valence electrons. The second kappa shape index (κ2) is 7.34. The fourth-order valence-corrected chi connectivity index (χ4v) is 2.23. The largest absolute Gasteiger partial charge is 0.203 e. The van der Waals surface area contributed by atoms with E-state index in [-0.39, 0.29) is 18.8 Å². The third-order valence-corrected chi connectivity index (χ3v) is 4.29. The molecule has 1 rings (SSSR count). The Balaban J connectivity index is 3.55. The van der Waals surface area contributed by atoms with Crippen LogP contribution in [0.3, 0.4) is 0 Å². The fraction of sp³-hybridized carbons (Fsp3) is 0.529. The number of rotatable bonds is 6. The molecule has 5 heteroatoms. The minimum Gasteiger partial charge on any atom is -0.203 e. The third kappa shape index (κ3) is 3.39. The Hall–Kier alpha value is -1.26. The van der Waals surface area contributed by atoms with E-state index in [0.717, 1.165) is 12.5 Å². The average molecular weight is 312 g/mol. The quantitative estimate of drug-likeness (QED) is 0.370. The monoisotopic (exact) mass is 312 g/mol. The Kier molecular flexibility index (Phi) is 6.27. The molecule has 0 aliphatic rings. The van der Waals surface area contributed by atoms with Gasteiger partial charge in [-0.25, -0.2) is 17.6 Å². The third-order valence-electron chi connectivity index (χ3n) is 4.29. The SMILES string of the molecule is [B]C(CC)(CC)c1c(F)c(F)c(/C=C/C(C)CC)c(F)c1F. The summed E-state index contributed by atoms with van der Waals surface area (Å²) in [4.78, 5) is 0. The molecule has 0 heterocycles. The lowest BCUT2D eigenvalue weighted by Gasteiger charge is -2.29. The highest BCUT2D eigenvalue weighted by molar-refractivity contribution is 6.16. The van der Waals surface area contributed by atoms with Gasteiger partial charge in [0.05, 0.1) is 13.4 Å². The van der Waals surface area contributed by atoms with Gasteiger partial charge in [0.2, 0.25) is 0 Å². The molecule has 1 unspecified atom stereocenters. The summed E-state index contributed by atoms with van der Waals surface area (Å²) in [6.07, 6.45) is 3.69. The lowest BCUT2D eigenvalue weighted by atomic mass is 9.60. The molecule has 0 saturated heterocycles. The maximum atomic E-state index is 14.3. The Morgan fingerprint density at radius 3 is 1.77 bits per heavy atom. The van der Waals surface area contributed by atoms with E-state index < -0.39 is 39.7 Å². The summed E-state index contributed by atoms with van der Waals surface area (Å²) >= 11 is 0. The van der Waals surface area contributed by atoms with Crippen molar-refractivity contribution in [2.24, 2.45) is 5.92 Å². The van der Waals surface area contributed by atoms with E-state index in [4.69, 9.17) is 7.85 Å². The zero-order valence-corrected chi connectivity index (χ0v) is 13.4. The molecule has 0 N–H and O–H groups in total. The van der Waals surface area contributed by atoms with Crippen molar-refractivity contribution in [3.05, 3.63) is 40.5 Å². The van der Waals surface area contributed by atoms with Gasteiger partial charge < -0.3 is 0 Å². The van der Waals surface area contributed by atoms with E-state index in [1.807, 2.05) is 13.8 Å². The number of hydrogen-bond donors (Lipinski definition) is 0. The maximum Gasteiger partial charge on any atom is 0.169 e. The Morgan fingerprint density at radius 1 is 0.955 bits per heavy atom. The van der Waals surface area contributed by atoms with Gasteiger partial charge in [-0.05, 0) is 11.2 Å². The topological polar surface area (TPSA) is 0 Å². The van der Waals surface area contributed by atoms with Crippen LogP contribution in [0.5, 0.6) is 0 Å². The van der Waals surface area contributed by atoms with E-state index >= 15 is 0 Å². The van der Waals surface area contributed by atoms with Crippen molar-refractivity contribution in [3.63, 3.8) is 0 Å². The summed E-state index contributed by atoms with van der Waals surface area (Å²) in [5.74, 6) is -5.57. The molecule has 0 bridgehead atoms. The van der Waals surface area contributed by atoms with Crippen molar-refractivity contribution < 1.29 is 17.6 Å². The van der Waals surface area contributed by atoms with Gasteiger partial charge in [-0.1, -0.05) is 59.1 Å². The molecule has 1 atom stereocenters. The van der Waals surface area contributed by atoms with Crippen LogP contribution in [0.15, 0.2) is 6.08 Å². The molecular weight excluding hydrogens is 291 g/mol. The smallest absolute Gasteiger partial charge is 0.169 e. The molecule has 0 saturated carbocycles. The van der Waals surface area contributed by atoms with E-state index in [1.165, 1.54) is 6.08 Å². The molecule has 0 aliphatic carbocycles. The summed E-state index contributed by atoms with van der Waals surface area (Å²) < 4.78 is 56.9. The molecular formula is C17H21BF4. The van der Waals surface area contributed by atoms with Crippen molar-refractivity contribution >= 4 is 13.9 Å². The standard InChI is InChI=1S/C17H21BF4/c1-5-10(4)8-9-11-13(19)15(21)12(16(22)14(11)20)17(18,6-2)7-3/h8-10H,5-7H2,1-4H3/b9-8+. The number of benzene rings is 1. The predicted octanol–water partition coefficient (Wildman–Crippen LogP) is 5.49. The van der Waals surface area contributed by atoms with Gasteiger partial charge in [-0.15, -0.1) is 0 Å². The second-order valence-corrected chi connectivity index (χ2v) is 5.65. The zero-order chi connectivity index (χ0) is 17.1. The highest BCUT2D eigenvalue weighted by atomic mass is 19.2. The van der Waals surface area contributed by atoms with E-state index in [2.05, 4.69) is 0 Å². The van der Waals surface area contributed by atoms with Gasteiger partial charge in [0, 0.05) is 5.56 Å². The molecule has 0 aliphatic heterocycles. The van der Waals surface area contributed by atoms with Crippen molar-refractivity contribution in [2.45, 2.75) is 52.3 Å². The molecule has 0 aromatic heterocycles. The van der Waals surface area contributed by atoms with Crippen LogP contribution in [0.25, 0.3) is 6.08 Å². The summed E-state index contributed by atoms with van der Waals surface area (Å²) in [5, 5.41) is -1.44. The molecule has 0 spiro atoms. The van der Waals surface area contributed by atoms with Crippen LogP contribution in [0.2, 0.25) is 0 Å². The Labute approximate surface area is 131 Å². The maximum absolute atomic E-state index is 14.3. The first kappa shape index (κ1) is 18.8. The van der Waals surface area contributed by atoms with Gasteiger partial charge in [0.1, 0.15) is 0 Å². The minimum absolute atomic E-state index is 0.0458. The van der Waals surface area contributed by atoms with Gasteiger partial charge in [-0.2, -0.15) is 0 Å². The molecule has 22 heavy (non-hydrogen) atoms. The highest BCUT2D eigenvalue weighted by Gasteiger charge is 2.34. The summed E-state index contributed by atoms with van der Waals surface area (Å²) in [7, 11) is 5.92. The zero-order valence-electron chi connectivity index (χ0n) is 13.4. The normalized spacial score (nSPS) is 13.8. The van der Waals surface area contributed by atoms with Gasteiger partial charge >= 0.3 is 0 Å². The van der Waals surface area contributed by atoms with Crippen LogP contribution in [0.4, 0.5) is 17.6 Å². The summed E-state index contributed by atoms with van der Waals surface area (Å²) in [6.45, 7) is 6.98. The van der Waals surface area contributed by atoms with Crippen molar-refractivity contribution in [2.75, 3.05) is 0 Å². The van der Waals surface area contributed by atoms with E-state index in [0.29, 0.717) is 0 Å². The number of halogens is 4. The lowest BCUT2D eigenvalue weighted by molar-refractivity contribution is 0.403. The van der Waals surface area contributed by atoms with Gasteiger partial charge in [0.25, 0.3) is 0 Å². The summed E-state index contributed by atoms with van der Waals surface area (Å²) in [6, 6.07) is 0. The second-order valence-electron chi connectivity index (χ2n) is 5.65. The average Bonchev–Trinajstić information content (AvgIpc) is 2.52. The van der Waals surface area contributed by atoms with E-state index in [9.17, 15) is 17.6 Å².